The Balaban J connectivity index is 1.73. The van der Waals surface area contributed by atoms with E-state index >= 15 is 0 Å². The van der Waals surface area contributed by atoms with Crippen molar-refractivity contribution in [1.29, 1.82) is 0 Å². The number of carbonyl (C=O) groups excluding carboxylic acids is 2. The number of hydrogen-bond donors (Lipinski definition) is 0. The van der Waals surface area contributed by atoms with Crippen LogP contribution in [0.4, 0.5) is 0 Å². The number of para-hydroxylation sites is 1. The highest BCUT2D eigenvalue weighted by Crippen LogP contribution is 2.39. The van der Waals surface area contributed by atoms with Gasteiger partial charge in [0, 0.05) is 27.5 Å². The van der Waals surface area contributed by atoms with Crippen LogP contribution in [0.3, 0.4) is 0 Å². The van der Waals surface area contributed by atoms with E-state index in [1.165, 1.54) is 0 Å². The second-order valence-electron chi connectivity index (χ2n) is 8.30. The fraction of sp³-hybridized carbons (Fsp3) is 0.133. The molecule has 4 aromatic carbocycles. The molecule has 0 N–H and O–H groups in total. The van der Waals surface area contributed by atoms with Crippen molar-refractivity contribution in [1.82, 2.24) is 4.57 Å². The quantitative estimate of drug-likeness (QED) is 0.215. The molecule has 0 aliphatic carbocycles. The molecule has 0 radical (unpaired) electrons. The van der Waals surface area contributed by atoms with E-state index < -0.39 is 5.97 Å². The van der Waals surface area contributed by atoms with Crippen LogP contribution in [0.2, 0.25) is 0 Å². The van der Waals surface area contributed by atoms with Gasteiger partial charge in [0.1, 0.15) is 5.75 Å². The Kier molecular flexibility index (Phi) is 6.06. The third-order valence-electron chi connectivity index (χ3n) is 6.08. The average molecular weight is 464 g/mol. The summed E-state index contributed by atoms with van der Waals surface area (Å²) in [6.45, 7) is 3.97. The van der Waals surface area contributed by atoms with Crippen LogP contribution >= 0.6 is 0 Å². The summed E-state index contributed by atoms with van der Waals surface area (Å²) in [5.41, 5.74) is 3.92. The lowest BCUT2D eigenvalue weighted by Crippen LogP contribution is -2.11. The first-order chi connectivity index (χ1) is 17.1. The van der Waals surface area contributed by atoms with Gasteiger partial charge in [-0.2, -0.15) is 0 Å². The van der Waals surface area contributed by atoms with Gasteiger partial charge in [0.05, 0.1) is 24.1 Å². The minimum absolute atomic E-state index is 0.155. The largest absolute Gasteiger partial charge is 0.462 e. The minimum atomic E-state index is -0.401. The molecule has 0 fully saturated rings. The summed E-state index contributed by atoms with van der Waals surface area (Å²) in [5.74, 6) is -0.344. The summed E-state index contributed by atoms with van der Waals surface area (Å²) < 4.78 is 13.4. The lowest BCUT2D eigenvalue weighted by molar-refractivity contribution is -0.133. The van der Waals surface area contributed by atoms with Crippen LogP contribution in [0.25, 0.3) is 27.4 Å². The second-order valence-corrected chi connectivity index (χ2v) is 8.30. The molecule has 0 spiro atoms. The number of esters is 2. The van der Waals surface area contributed by atoms with E-state index in [9.17, 15) is 9.59 Å². The molecular formula is C30H25NO4. The predicted molar refractivity (Wildman–Crippen MR) is 137 cm³/mol. The van der Waals surface area contributed by atoms with Crippen molar-refractivity contribution in [2.45, 2.75) is 20.3 Å². The zero-order valence-corrected chi connectivity index (χ0v) is 19.7. The van der Waals surface area contributed by atoms with Crippen molar-refractivity contribution in [3.05, 3.63) is 108 Å². The molecule has 0 atom stereocenters. The van der Waals surface area contributed by atoms with E-state index in [2.05, 4.69) is 4.57 Å². The highest BCUT2D eigenvalue weighted by Gasteiger charge is 2.25. The van der Waals surface area contributed by atoms with E-state index in [4.69, 9.17) is 9.47 Å². The predicted octanol–water partition coefficient (Wildman–Crippen LogP) is 6.42. The van der Waals surface area contributed by atoms with Crippen molar-refractivity contribution in [3.8, 4) is 11.4 Å². The van der Waals surface area contributed by atoms with Gasteiger partial charge in [-0.3, -0.25) is 4.79 Å². The van der Waals surface area contributed by atoms with E-state index in [0.29, 0.717) is 16.7 Å². The van der Waals surface area contributed by atoms with Gasteiger partial charge in [0.25, 0.3) is 0 Å². The minimum Gasteiger partial charge on any atom is -0.462 e. The zero-order chi connectivity index (χ0) is 24.4. The molecule has 0 aliphatic rings. The molecule has 1 heterocycles. The maximum atomic E-state index is 13.1. The number of benzene rings is 4. The summed E-state index contributed by atoms with van der Waals surface area (Å²) in [6.07, 6.45) is 0.155. The van der Waals surface area contributed by atoms with E-state index in [1.54, 1.807) is 13.0 Å². The first-order valence-electron chi connectivity index (χ1n) is 11.6. The summed E-state index contributed by atoms with van der Waals surface area (Å²) in [4.78, 5) is 25.9. The highest BCUT2D eigenvalue weighted by atomic mass is 16.5. The van der Waals surface area contributed by atoms with Crippen LogP contribution in [-0.2, 0) is 16.0 Å². The molecule has 5 rings (SSSR count). The standard InChI is InChI=1S/C30H25NO4/c1-3-34-30(33)28-20(2)31(22-14-8-5-9-15-22)29-24-17-11-10-16-23(24)26(19-25(28)29)35-27(32)18-21-12-6-4-7-13-21/h4-17,19H,3,18H2,1-2H3. The number of hydrogen-bond acceptors (Lipinski definition) is 4. The smallest absolute Gasteiger partial charge is 0.340 e. The topological polar surface area (TPSA) is 57.5 Å². The van der Waals surface area contributed by atoms with Crippen molar-refractivity contribution >= 4 is 33.6 Å². The fourth-order valence-electron chi connectivity index (χ4n) is 4.60. The Labute approximate surface area is 203 Å². The number of aromatic nitrogens is 1. The molecular weight excluding hydrogens is 438 g/mol. The molecule has 0 bridgehead atoms. The lowest BCUT2D eigenvalue weighted by atomic mass is 10.0. The maximum Gasteiger partial charge on any atom is 0.340 e. The highest BCUT2D eigenvalue weighted by molar-refractivity contribution is 6.17. The number of fused-ring (bicyclic) bond motifs is 3. The Morgan fingerprint density at radius 3 is 2.11 bits per heavy atom. The van der Waals surface area contributed by atoms with Gasteiger partial charge in [-0.1, -0.05) is 72.8 Å². The first kappa shape index (κ1) is 22.4. The summed E-state index contributed by atoms with van der Waals surface area (Å²) >= 11 is 0. The average Bonchev–Trinajstić information content (AvgIpc) is 3.17. The number of ether oxygens (including phenoxy) is 2. The van der Waals surface area contributed by atoms with Gasteiger partial charge in [-0.05, 0) is 37.6 Å². The van der Waals surface area contributed by atoms with Crippen LogP contribution in [-0.4, -0.2) is 23.1 Å². The van der Waals surface area contributed by atoms with Crippen LogP contribution in [0.15, 0.2) is 91.0 Å². The third-order valence-corrected chi connectivity index (χ3v) is 6.08. The zero-order valence-electron chi connectivity index (χ0n) is 19.7. The number of nitrogens with zero attached hydrogens (tertiary/aromatic N) is 1. The van der Waals surface area contributed by atoms with E-state index in [0.717, 1.165) is 33.2 Å². The molecule has 0 aliphatic heterocycles. The van der Waals surface area contributed by atoms with Gasteiger partial charge in [0.2, 0.25) is 0 Å². The Morgan fingerprint density at radius 1 is 0.800 bits per heavy atom. The van der Waals surface area contributed by atoms with Gasteiger partial charge in [0.15, 0.2) is 0 Å². The Morgan fingerprint density at radius 2 is 1.43 bits per heavy atom. The number of carbonyl (C=O) groups is 2. The van der Waals surface area contributed by atoms with Gasteiger partial charge < -0.3 is 14.0 Å². The molecule has 5 aromatic rings. The van der Waals surface area contributed by atoms with Gasteiger partial charge in [-0.25, -0.2) is 4.79 Å². The van der Waals surface area contributed by atoms with Gasteiger partial charge >= 0.3 is 11.9 Å². The molecule has 0 amide bonds. The van der Waals surface area contributed by atoms with Crippen LogP contribution in [0, 0.1) is 6.92 Å². The molecule has 5 nitrogen and oxygen atoms in total. The van der Waals surface area contributed by atoms with Gasteiger partial charge in [-0.15, -0.1) is 0 Å². The van der Waals surface area contributed by atoms with Crippen LogP contribution in [0.1, 0.15) is 28.5 Å². The Bertz CT molecular complexity index is 1540. The maximum absolute atomic E-state index is 13.1. The van der Waals surface area contributed by atoms with Crippen molar-refractivity contribution in [3.63, 3.8) is 0 Å². The third kappa shape index (κ3) is 4.17. The molecule has 5 heteroatoms. The molecule has 0 saturated heterocycles. The summed E-state index contributed by atoms with van der Waals surface area (Å²) in [6, 6.07) is 28.9. The summed E-state index contributed by atoms with van der Waals surface area (Å²) in [7, 11) is 0. The monoisotopic (exact) mass is 463 g/mol. The Hall–Kier alpha value is -4.38. The van der Waals surface area contributed by atoms with E-state index in [1.807, 2.05) is 91.9 Å². The van der Waals surface area contributed by atoms with Crippen molar-refractivity contribution in [2.24, 2.45) is 0 Å². The van der Waals surface area contributed by atoms with Crippen molar-refractivity contribution in [2.75, 3.05) is 6.61 Å². The fourth-order valence-corrected chi connectivity index (χ4v) is 4.60. The first-order valence-corrected chi connectivity index (χ1v) is 11.6. The molecule has 0 saturated carbocycles. The number of rotatable bonds is 6. The van der Waals surface area contributed by atoms with Crippen LogP contribution in [0.5, 0.6) is 5.75 Å². The molecule has 35 heavy (non-hydrogen) atoms. The second kappa shape index (κ2) is 9.47. The molecule has 0 unspecified atom stereocenters. The molecule has 1 aromatic heterocycles. The normalized spacial score (nSPS) is 11.0. The van der Waals surface area contributed by atoms with Crippen molar-refractivity contribution < 1.29 is 19.1 Å². The summed E-state index contributed by atoms with van der Waals surface area (Å²) in [5, 5.41) is 2.37. The van der Waals surface area contributed by atoms with E-state index in [-0.39, 0.29) is 19.0 Å². The molecule has 174 valence electrons. The SMILES string of the molecule is CCOC(=O)c1c(C)n(-c2ccccc2)c2c1cc(OC(=O)Cc1ccccc1)c1ccccc12. The lowest BCUT2D eigenvalue weighted by Gasteiger charge is -2.13. The van der Waals surface area contributed by atoms with Crippen LogP contribution < -0.4 is 4.74 Å².